The molecule has 0 bridgehead atoms. The Kier molecular flexibility index (Phi) is 5.43. The number of hydrogen-bond donors (Lipinski definition) is 2. The fourth-order valence-electron chi connectivity index (χ4n) is 3.56. The first kappa shape index (κ1) is 19.5. The summed E-state index contributed by atoms with van der Waals surface area (Å²) in [4.78, 5) is 62.3. The van der Waals surface area contributed by atoms with Gasteiger partial charge < -0.3 is 5.32 Å². The molecule has 7 amide bonds. The smallest absolute Gasteiger partial charge is 0.307 e. The van der Waals surface area contributed by atoms with Crippen molar-refractivity contribution in [1.82, 2.24) is 15.1 Å². The van der Waals surface area contributed by atoms with E-state index in [0.29, 0.717) is 23.4 Å². The van der Waals surface area contributed by atoms with Gasteiger partial charge >= 0.3 is 23.9 Å². The van der Waals surface area contributed by atoms with Crippen molar-refractivity contribution in [2.24, 2.45) is 0 Å². The number of imide groups is 3. The molecule has 9 heteroatoms. The first-order chi connectivity index (χ1) is 13.3. The zero-order valence-corrected chi connectivity index (χ0v) is 15.8. The van der Waals surface area contributed by atoms with Crippen LogP contribution in [0.4, 0.5) is 15.3 Å². The molecule has 1 aromatic carbocycles. The van der Waals surface area contributed by atoms with Crippen LogP contribution in [0.5, 0.6) is 0 Å². The molecule has 3 rings (SSSR count). The molecule has 0 atom stereocenters. The van der Waals surface area contributed by atoms with Crippen LogP contribution in [0, 0.1) is 13.8 Å². The van der Waals surface area contributed by atoms with Crippen molar-refractivity contribution in [3.05, 3.63) is 29.3 Å². The second-order valence-corrected chi connectivity index (χ2v) is 7.11. The zero-order chi connectivity index (χ0) is 20.4. The second-order valence-electron chi connectivity index (χ2n) is 7.11. The average Bonchev–Trinajstić information content (AvgIpc) is 3.21. The van der Waals surface area contributed by atoms with Gasteiger partial charge in [-0.15, -0.1) is 0 Å². The van der Waals surface area contributed by atoms with Gasteiger partial charge in [-0.3, -0.25) is 24.6 Å². The van der Waals surface area contributed by atoms with Crippen LogP contribution in [0.1, 0.15) is 36.8 Å². The van der Waals surface area contributed by atoms with Gasteiger partial charge in [-0.25, -0.2) is 14.5 Å². The van der Waals surface area contributed by atoms with Crippen molar-refractivity contribution in [3.63, 3.8) is 0 Å². The third kappa shape index (κ3) is 3.88. The number of anilines is 1. The molecule has 9 nitrogen and oxygen atoms in total. The molecule has 148 valence electrons. The summed E-state index contributed by atoms with van der Waals surface area (Å²) in [5.41, 5.74) is 2.39. The van der Waals surface area contributed by atoms with Crippen LogP contribution in [0.2, 0.25) is 0 Å². The van der Waals surface area contributed by atoms with Gasteiger partial charge in [0, 0.05) is 11.7 Å². The third-order valence-electron chi connectivity index (χ3n) is 4.96. The number of amides is 7. The summed E-state index contributed by atoms with van der Waals surface area (Å²) in [6.45, 7) is 3.04. The number of carbonyl (C=O) groups is 5. The number of aryl methyl sites for hydroxylation is 2. The number of carbonyl (C=O) groups excluding carboxylic acids is 5. The first-order valence-corrected chi connectivity index (χ1v) is 9.15. The Hall–Kier alpha value is -3.23. The van der Waals surface area contributed by atoms with Crippen LogP contribution in [0.15, 0.2) is 18.2 Å². The number of nitrogens with zero attached hydrogens (tertiary/aromatic N) is 2. The van der Waals surface area contributed by atoms with Gasteiger partial charge in [-0.05, 0) is 38.3 Å². The highest BCUT2D eigenvalue weighted by atomic mass is 16.2. The molecule has 1 heterocycles. The lowest BCUT2D eigenvalue weighted by Gasteiger charge is -2.20. The normalized spacial score (nSPS) is 17.4. The minimum atomic E-state index is -1.04. The van der Waals surface area contributed by atoms with Crippen molar-refractivity contribution in [3.8, 4) is 0 Å². The Morgan fingerprint density at radius 2 is 1.75 bits per heavy atom. The lowest BCUT2D eigenvalue weighted by atomic mass is 10.1. The van der Waals surface area contributed by atoms with Crippen LogP contribution in [-0.2, 0) is 14.4 Å². The van der Waals surface area contributed by atoms with E-state index in [4.69, 9.17) is 0 Å². The van der Waals surface area contributed by atoms with Gasteiger partial charge in [-0.1, -0.05) is 30.5 Å². The molecule has 2 fully saturated rings. The summed E-state index contributed by atoms with van der Waals surface area (Å²) >= 11 is 0. The van der Waals surface area contributed by atoms with E-state index < -0.39 is 36.3 Å². The summed E-state index contributed by atoms with van der Waals surface area (Å²) in [7, 11) is 0. The summed E-state index contributed by atoms with van der Waals surface area (Å²) in [6, 6.07) is 3.52. The summed E-state index contributed by atoms with van der Waals surface area (Å²) in [5, 5.41) is 4.61. The van der Waals surface area contributed by atoms with E-state index in [1.807, 2.05) is 26.0 Å². The molecule has 2 aliphatic rings. The van der Waals surface area contributed by atoms with Crippen LogP contribution in [-0.4, -0.2) is 52.2 Å². The molecule has 28 heavy (non-hydrogen) atoms. The average molecular weight is 386 g/mol. The minimum Gasteiger partial charge on any atom is -0.307 e. The molecular weight excluding hydrogens is 364 g/mol. The molecule has 0 spiro atoms. The van der Waals surface area contributed by atoms with Gasteiger partial charge in [-0.2, -0.15) is 0 Å². The highest BCUT2D eigenvalue weighted by molar-refractivity contribution is 6.45. The Morgan fingerprint density at radius 1 is 1.07 bits per heavy atom. The third-order valence-corrected chi connectivity index (χ3v) is 4.96. The monoisotopic (exact) mass is 386 g/mol. The summed E-state index contributed by atoms with van der Waals surface area (Å²) in [5.74, 6) is -2.81. The lowest BCUT2D eigenvalue weighted by molar-refractivity contribution is -0.144. The Bertz CT molecular complexity index is 860. The molecule has 1 saturated heterocycles. The molecule has 1 saturated carbocycles. The largest absolute Gasteiger partial charge is 0.334 e. The summed E-state index contributed by atoms with van der Waals surface area (Å²) in [6.07, 6.45) is 3.08. The maximum atomic E-state index is 12.4. The Balaban J connectivity index is 1.59. The number of rotatable bonds is 4. The minimum absolute atomic E-state index is 0.301. The van der Waals surface area contributed by atoms with Gasteiger partial charge in [0.15, 0.2) is 0 Å². The molecular formula is C19H22N4O5. The van der Waals surface area contributed by atoms with E-state index in [0.717, 1.165) is 28.9 Å². The number of hydrogen-bond acceptors (Lipinski definition) is 5. The van der Waals surface area contributed by atoms with E-state index in [2.05, 4.69) is 10.6 Å². The van der Waals surface area contributed by atoms with Crippen molar-refractivity contribution >= 4 is 35.5 Å². The maximum absolute atomic E-state index is 12.4. The van der Waals surface area contributed by atoms with Gasteiger partial charge in [0.25, 0.3) is 0 Å². The zero-order valence-electron chi connectivity index (χ0n) is 15.8. The van der Waals surface area contributed by atoms with E-state index >= 15 is 0 Å². The van der Waals surface area contributed by atoms with Gasteiger partial charge in [0.1, 0.15) is 6.54 Å². The quantitative estimate of drug-likeness (QED) is 0.603. The van der Waals surface area contributed by atoms with E-state index in [1.165, 1.54) is 0 Å². The maximum Gasteiger partial charge on any atom is 0.334 e. The highest BCUT2D eigenvalue weighted by Crippen LogP contribution is 2.27. The van der Waals surface area contributed by atoms with E-state index in [9.17, 15) is 24.0 Å². The van der Waals surface area contributed by atoms with E-state index in [-0.39, 0.29) is 6.04 Å². The summed E-state index contributed by atoms with van der Waals surface area (Å²) < 4.78 is 0. The predicted octanol–water partition coefficient (Wildman–Crippen LogP) is 1.68. The number of nitrogens with one attached hydrogen (secondary N) is 2. The molecule has 0 radical (unpaired) electrons. The fourth-order valence-corrected chi connectivity index (χ4v) is 3.56. The van der Waals surface area contributed by atoms with Gasteiger partial charge in [0.05, 0.1) is 0 Å². The molecule has 0 aromatic heterocycles. The fraction of sp³-hybridized carbons (Fsp3) is 0.421. The molecule has 2 N–H and O–H groups in total. The van der Waals surface area contributed by atoms with E-state index in [1.54, 1.807) is 6.07 Å². The second kappa shape index (κ2) is 7.79. The molecule has 1 aromatic rings. The molecule has 1 aliphatic heterocycles. The number of benzene rings is 1. The highest BCUT2D eigenvalue weighted by Gasteiger charge is 2.48. The van der Waals surface area contributed by atoms with Crippen LogP contribution < -0.4 is 10.6 Å². The topological polar surface area (TPSA) is 116 Å². The Labute approximate surface area is 162 Å². The molecule has 0 unspecified atom stereocenters. The Morgan fingerprint density at radius 3 is 2.39 bits per heavy atom. The number of urea groups is 2. The molecule has 1 aliphatic carbocycles. The first-order valence-electron chi connectivity index (χ1n) is 9.15. The van der Waals surface area contributed by atoms with Crippen molar-refractivity contribution < 1.29 is 24.0 Å². The van der Waals surface area contributed by atoms with Crippen LogP contribution >= 0.6 is 0 Å². The van der Waals surface area contributed by atoms with Crippen molar-refractivity contribution in [2.75, 3.05) is 11.9 Å². The van der Waals surface area contributed by atoms with Gasteiger partial charge in [0.2, 0.25) is 5.91 Å². The SMILES string of the molecule is Cc1ccc(NC(=O)NC(=O)CN2C(=O)C(=O)N(C3CCCC3)C2=O)c(C)c1. The van der Waals surface area contributed by atoms with Crippen molar-refractivity contribution in [2.45, 2.75) is 45.6 Å². The predicted molar refractivity (Wildman–Crippen MR) is 99.3 cm³/mol. The van der Waals surface area contributed by atoms with Crippen molar-refractivity contribution in [1.29, 1.82) is 0 Å². The van der Waals surface area contributed by atoms with Crippen LogP contribution in [0.3, 0.4) is 0 Å². The lowest BCUT2D eigenvalue weighted by Crippen LogP contribution is -2.45. The standard InChI is InChI=1S/C19H22N4O5/c1-11-7-8-14(12(2)9-11)20-18(27)21-15(24)10-22-16(25)17(26)23(19(22)28)13-5-3-4-6-13/h7-9,13H,3-6,10H2,1-2H3,(H2,20,21,24,27). The van der Waals surface area contributed by atoms with Crippen LogP contribution in [0.25, 0.3) is 0 Å².